The molecule has 0 amide bonds. The van der Waals surface area contributed by atoms with Crippen LogP contribution in [0.3, 0.4) is 0 Å². The Bertz CT molecular complexity index is 686. The second-order valence-electron chi connectivity index (χ2n) is 4.42. The van der Waals surface area contributed by atoms with E-state index in [1.54, 1.807) is 42.5 Å². The van der Waals surface area contributed by atoms with Crippen molar-refractivity contribution >= 4 is 10.0 Å². The number of ether oxygens (including phenoxy) is 1. The summed E-state index contributed by atoms with van der Waals surface area (Å²) in [5, 5.41) is 9.46. The summed E-state index contributed by atoms with van der Waals surface area (Å²) < 4.78 is 32.5. The number of hydrogen-bond donors (Lipinski definition) is 2. The molecule has 0 aliphatic carbocycles. The van der Waals surface area contributed by atoms with Gasteiger partial charge in [0, 0.05) is 0 Å². The van der Waals surface area contributed by atoms with Gasteiger partial charge < -0.3 is 9.84 Å². The van der Waals surface area contributed by atoms with Gasteiger partial charge in [0.15, 0.2) is 0 Å². The van der Waals surface area contributed by atoms with Crippen molar-refractivity contribution in [2.24, 2.45) is 0 Å². The van der Waals surface area contributed by atoms with Gasteiger partial charge in [-0.15, -0.1) is 0 Å². The van der Waals surface area contributed by atoms with E-state index in [4.69, 9.17) is 4.74 Å². The van der Waals surface area contributed by atoms with Gasteiger partial charge in [-0.1, -0.05) is 42.5 Å². The standard InChI is InChI=1S/C15H17NO4S/c1-20-14-9-5-6-10-15(14)21(18,19)16-13(11-17)12-7-3-2-4-8-12/h2-10,13,16-17H,11H2,1H3/t13-/m0/s1. The molecule has 0 heterocycles. The first-order valence-corrected chi connectivity index (χ1v) is 7.88. The molecule has 5 nitrogen and oxygen atoms in total. The number of para-hydroxylation sites is 1. The van der Waals surface area contributed by atoms with Crippen LogP contribution in [0.4, 0.5) is 0 Å². The minimum Gasteiger partial charge on any atom is -0.495 e. The maximum Gasteiger partial charge on any atom is 0.244 e. The summed E-state index contributed by atoms with van der Waals surface area (Å²) in [5.74, 6) is 0.259. The number of nitrogens with one attached hydrogen (secondary N) is 1. The summed E-state index contributed by atoms with van der Waals surface area (Å²) in [4.78, 5) is 0.0434. The molecule has 21 heavy (non-hydrogen) atoms. The second-order valence-corrected chi connectivity index (χ2v) is 6.10. The van der Waals surface area contributed by atoms with E-state index in [2.05, 4.69) is 4.72 Å². The summed E-state index contributed by atoms with van der Waals surface area (Å²) in [6.07, 6.45) is 0. The molecule has 0 radical (unpaired) electrons. The fraction of sp³-hybridized carbons (Fsp3) is 0.200. The summed E-state index contributed by atoms with van der Waals surface area (Å²) in [7, 11) is -2.39. The Balaban J connectivity index is 2.32. The lowest BCUT2D eigenvalue weighted by Gasteiger charge is -2.18. The van der Waals surface area contributed by atoms with Crippen LogP contribution in [0.5, 0.6) is 5.75 Å². The average Bonchev–Trinajstić information content (AvgIpc) is 2.53. The van der Waals surface area contributed by atoms with Gasteiger partial charge in [-0.25, -0.2) is 13.1 Å². The minimum absolute atomic E-state index is 0.0434. The maximum absolute atomic E-state index is 12.5. The molecule has 1 atom stereocenters. The number of hydrogen-bond acceptors (Lipinski definition) is 4. The number of rotatable bonds is 6. The maximum atomic E-state index is 12.5. The smallest absolute Gasteiger partial charge is 0.244 e. The second kappa shape index (κ2) is 6.71. The van der Waals surface area contributed by atoms with E-state index in [0.717, 1.165) is 0 Å². The highest BCUT2D eigenvalue weighted by molar-refractivity contribution is 7.89. The Labute approximate surface area is 124 Å². The molecule has 0 aliphatic rings. The van der Waals surface area contributed by atoms with Gasteiger partial charge in [0.25, 0.3) is 0 Å². The van der Waals surface area contributed by atoms with Gasteiger partial charge in [0.05, 0.1) is 19.8 Å². The van der Waals surface area contributed by atoms with Crippen LogP contribution in [0.15, 0.2) is 59.5 Å². The number of sulfonamides is 1. The molecule has 0 aliphatic heterocycles. The lowest BCUT2D eigenvalue weighted by Crippen LogP contribution is -2.31. The monoisotopic (exact) mass is 307 g/mol. The zero-order valence-corrected chi connectivity index (χ0v) is 12.4. The largest absolute Gasteiger partial charge is 0.495 e. The average molecular weight is 307 g/mol. The highest BCUT2D eigenvalue weighted by Gasteiger charge is 2.23. The first-order chi connectivity index (χ1) is 10.1. The molecule has 2 rings (SSSR count). The zero-order chi connectivity index (χ0) is 15.3. The van der Waals surface area contributed by atoms with Crippen molar-refractivity contribution in [3.63, 3.8) is 0 Å². The lowest BCUT2D eigenvalue weighted by molar-refractivity contribution is 0.258. The summed E-state index contributed by atoms with van der Waals surface area (Å²) in [5.41, 5.74) is 0.693. The molecule has 2 N–H and O–H groups in total. The fourth-order valence-electron chi connectivity index (χ4n) is 1.99. The molecule has 0 saturated heterocycles. The van der Waals surface area contributed by atoms with E-state index in [9.17, 15) is 13.5 Å². The van der Waals surface area contributed by atoms with Crippen molar-refractivity contribution in [3.8, 4) is 5.75 Å². The van der Waals surface area contributed by atoms with Gasteiger partial charge in [0.1, 0.15) is 10.6 Å². The molecule has 6 heteroatoms. The van der Waals surface area contributed by atoms with E-state index in [1.165, 1.54) is 13.2 Å². The van der Waals surface area contributed by atoms with E-state index in [1.807, 2.05) is 6.07 Å². The summed E-state index contributed by atoms with van der Waals surface area (Å²) >= 11 is 0. The molecule has 2 aromatic carbocycles. The first kappa shape index (κ1) is 15.5. The Morgan fingerprint density at radius 1 is 1.10 bits per heavy atom. The summed E-state index contributed by atoms with van der Waals surface area (Å²) in [6.45, 7) is -0.335. The van der Waals surface area contributed by atoms with Gasteiger partial charge in [0.2, 0.25) is 10.0 Å². The van der Waals surface area contributed by atoms with Crippen LogP contribution in [0.25, 0.3) is 0 Å². The van der Waals surface area contributed by atoms with Crippen LogP contribution >= 0.6 is 0 Å². The Morgan fingerprint density at radius 3 is 2.33 bits per heavy atom. The van der Waals surface area contributed by atoms with E-state index in [0.29, 0.717) is 5.56 Å². The molecule has 112 valence electrons. The van der Waals surface area contributed by atoms with Crippen LogP contribution < -0.4 is 9.46 Å². The molecule has 0 unspecified atom stereocenters. The predicted molar refractivity (Wildman–Crippen MR) is 79.6 cm³/mol. The number of aliphatic hydroxyl groups excluding tert-OH is 1. The molecule has 2 aromatic rings. The van der Waals surface area contributed by atoms with Crippen LogP contribution in [0, 0.1) is 0 Å². The van der Waals surface area contributed by atoms with Gasteiger partial charge in [-0.05, 0) is 17.7 Å². The van der Waals surface area contributed by atoms with Crippen molar-refractivity contribution in [3.05, 3.63) is 60.2 Å². The molecule has 0 aromatic heterocycles. The Morgan fingerprint density at radius 2 is 1.71 bits per heavy atom. The highest BCUT2D eigenvalue weighted by atomic mass is 32.2. The SMILES string of the molecule is COc1ccccc1S(=O)(=O)N[C@@H](CO)c1ccccc1. The van der Waals surface area contributed by atoms with Crippen LogP contribution in [0.2, 0.25) is 0 Å². The topological polar surface area (TPSA) is 75.6 Å². The van der Waals surface area contributed by atoms with Crippen molar-refractivity contribution in [2.75, 3.05) is 13.7 Å². The predicted octanol–water partition coefficient (Wildman–Crippen LogP) is 1.71. The van der Waals surface area contributed by atoms with Crippen molar-refractivity contribution in [1.82, 2.24) is 4.72 Å². The van der Waals surface area contributed by atoms with Gasteiger partial charge >= 0.3 is 0 Å². The highest BCUT2D eigenvalue weighted by Crippen LogP contribution is 2.24. The third-order valence-electron chi connectivity index (χ3n) is 3.04. The van der Waals surface area contributed by atoms with Crippen molar-refractivity contribution in [1.29, 1.82) is 0 Å². The normalized spacial score (nSPS) is 12.9. The van der Waals surface area contributed by atoms with Crippen LogP contribution in [0.1, 0.15) is 11.6 Å². The molecular weight excluding hydrogens is 290 g/mol. The Hall–Kier alpha value is -1.89. The van der Waals surface area contributed by atoms with Gasteiger partial charge in [-0.2, -0.15) is 0 Å². The molecular formula is C15H17NO4S. The quantitative estimate of drug-likeness (QED) is 0.852. The lowest BCUT2D eigenvalue weighted by atomic mass is 10.1. The van der Waals surface area contributed by atoms with Gasteiger partial charge in [-0.3, -0.25) is 0 Å². The van der Waals surface area contributed by atoms with Crippen molar-refractivity contribution in [2.45, 2.75) is 10.9 Å². The number of methoxy groups -OCH3 is 1. The van der Waals surface area contributed by atoms with Crippen LogP contribution in [-0.2, 0) is 10.0 Å². The fourth-order valence-corrected chi connectivity index (χ4v) is 3.37. The summed E-state index contributed by atoms with van der Waals surface area (Å²) in [6, 6.07) is 14.5. The minimum atomic E-state index is -3.80. The molecule has 0 fully saturated rings. The first-order valence-electron chi connectivity index (χ1n) is 6.39. The Kier molecular flexibility index (Phi) is 4.95. The number of benzene rings is 2. The van der Waals surface area contributed by atoms with E-state index < -0.39 is 16.1 Å². The van der Waals surface area contributed by atoms with E-state index in [-0.39, 0.29) is 17.3 Å². The molecule has 0 spiro atoms. The van der Waals surface area contributed by atoms with Crippen LogP contribution in [-0.4, -0.2) is 27.2 Å². The third-order valence-corrected chi connectivity index (χ3v) is 4.55. The molecule has 0 saturated carbocycles. The van der Waals surface area contributed by atoms with E-state index >= 15 is 0 Å². The number of aliphatic hydroxyl groups is 1. The third kappa shape index (κ3) is 3.60. The molecule has 0 bridgehead atoms. The zero-order valence-electron chi connectivity index (χ0n) is 11.6. The van der Waals surface area contributed by atoms with Crippen molar-refractivity contribution < 1.29 is 18.3 Å².